The smallest absolute Gasteiger partial charge is 0.222 e. The number of hydrogen-bond acceptors (Lipinski definition) is 3. The first-order valence-corrected chi connectivity index (χ1v) is 6.45. The van der Waals surface area contributed by atoms with Crippen molar-refractivity contribution < 1.29 is 9.53 Å². The average Bonchev–Trinajstić information content (AvgIpc) is 2.39. The first-order valence-electron chi connectivity index (χ1n) is 6.07. The Balaban J connectivity index is 1.72. The Morgan fingerprint density at radius 3 is 2.89 bits per heavy atom. The zero-order valence-electron chi connectivity index (χ0n) is 10.1. The molecule has 1 aromatic rings. The molecular weight excluding hydrogens is 252 g/mol. The molecule has 1 fully saturated rings. The molecular formula is C13H17ClN2O2. The van der Waals surface area contributed by atoms with Gasteiger partial charge in [-0.3, -0.25) is 4.79 Å². The van der Waals surface area contributed by atoms with Crippen LogP contribution in [0.5, 0.6) is 0 Å². The van der Waals surface area contributed by atoms with E-state index in [1.165, 1.54) is 0 Å². The van der Waals surface area contributed by atoms with Gasteiger partial charge in [0.25, 0.3) is 0 Å². The van der Waals surface area contributed by atoms with Crippen molar-refractivity contribution in [2.45, 2.75) is 19.1 Å². The van der Waals surface area contributed by atoms with Gasteiger partial charge in [-0.1, -0.05) is 23.7 Å². The molecule has 98 valence electrons. The molecule has 0 spiro atoms. The van der Waals surface area contributed by atoms with E-state index in [1.54, 1.807) is 0 Å². The monoisotopic (exact) mass is 268 g/mol. The zero-order chi connectivity index (χ0) is 12.8. The Kier molecular flexibility index (Phi) is 4.99. The summed E-state index contributed by atoms with van der Waals surface area (Å²) in [6.45, 7) is 2.81. The molecule has 0 bridgehead atoms. The second-order valence-electron chi connectivity index (χ2n) is 4.30. The molecule has 0 aromatic heterocycles. The van der Waals surface area contributed by atoms with Crippen molar-refractivity contribution in [3.05, 3.63) is 34.9 Å². The third-order valence-corrected chi connectivity index (χ3v) is 3.07. The fraction of sp³-hybridized carbons (Fsp3) is 0.462. The molecule has 1 aliphatic heterocycles. The SMILES string of the molecule is O=C(CC1CNCCO1)NCc1ccc(Cl)cc1. The highest BCUT2D eigenvalue weighted by atomic mass is 35.5. The largest absolute Gasteiger partial charge is 0.375 e. The van der Waals surface area contributed by atoms with E-state index in [2.05, 4.69) is 10.6 Å². The first-order chi connectivity index (χ1) is 8.74. The van der Waals surface area contributed by atoms with Gasteiger partial charge in [-0.15, -0.1) is 0 Å². The summed E-state index contributed by atoms with van der Waals surface area (Å²) in [5.41, 5.74) is 1.04. The van der Waals surface area contributed by atoms with Gasteiger partial charge in [0.2, 0.25) is 5.91 Å². The lowest BCUT2D eigenvalue weighted by Crippen LogP contribution is -2.41. The van der Waals surface area contributed by atoms with Gasteiger partial charge in [0.05, 0.1) is 19.1 Å². The van der Waals surface area contributed by atoms with Gasteiger partial charge in [-0.2, -0.15) is 0 Å². The van der Waals surface area contributed by atoms with Gasteiger partial charge >= 0.3 is 0 Å². The highest BCUT2D eigenvalue weighted by Gasteiger charge is 2.16. The van der Waals surface area contributed by atoms with Gasteiger partial charge in [-0.25, -0.2) is 0 Å². The van der Waals surface area contributed by atoms with Crippen molar-refractivity contribution in [2.75, 3.05) is 19.7 Å². The number of nitrogens with one attached hydrogen (secondary N) is 2. The molecule has 4 nitrogen and oxygen atoms in total. The van der Waals surface area contributed by atoms with Gasteiger partial charge in [-0.05, 0) is 17.7 Å². The summed E-state index contributed by atoms with van der Waals surface area (Å²) in [5, 5.41) is 6.78. The Hall–Kier alpha value is -1.10. The lowest BCUT2D eigenvalue weighted by molar-refractivity contribution is -0.124. The summed E-state index contributed by atoms with van der Waals surface area (Å²) < 4.78 is 5.48. The van der Waals surface area contributed by atoms with Crippen LogP contribution in [0.25, 0.3) is 0 Å². The molecule has 1 aromatic carbocycles. The predicted molar refractivity (Wildman–Crippen MR) is 70.5 cm³/mol. The van der Waals surface area contributed by atoms with Crippen LogP contribution in [0.3, 0.4) is 0 Å². The zero-order valence-corrected chi connectivity index (χ0v) is 10.9. The van der Waals surface area contributed by atoms with Gasteiger partial charge < -0.3 is 15.4 Å². The van der Waals surface area contributed by atoms with Gasteiger partial charge in [0.1, 0.15) is 0 Å². The highest BCUT2D eigenvalue weighted by Crippen LogP contribution is 2.09. The molecule has 18 heavy (non-hydrogen) atoms. The predicted octanol–water partition coefficient (Wildman–Crippen LogP) is 1.33. The Labute approximate surface area is 112 Å². The van der Waals surface area contributed by atoms with Crippen LogP contribution in [0, 0.1) is 0 Å². The number of rotatable bonds is 4. The van der Waals surface area contributed by atoms with Crippen LogP contribution in [0.2, 0.25) is 5.02 Å². The molecule has 1 unspecified atom stereocenters. The minimum Gasteiger partial charge on any atom is -0.375 e. The molecule has 1 aliphatic rings. The number of ether oxygens (including phenoxy) is 1. The number of morpholine rings is 1. The highest BCUT2D eigenvalue weighted by molar-refractivity contribution is 6.30. The van der Waals surface area contributed by atoms with Crippen molar-refractivity contribution in [3.8, 4) is 0 Å². The van der Waals surface area contributed by atoms with Crippen LogP contribution in [0.4, 0.5) is 0 Å². The second-order valence-corrected chi connectivity index (χ2v) is 4.74. The van der Waals surface area contributed by atoms with Crippen LogP contribution in [-0.4, -0.2) is 31.7 Å². The summed E-state index contributed by atoms with van der Waals surface area (Å²) in [4.78, 5) is 11.7. The van der Waals surface area contributed by atoms with Gasteiger partial charge in [0, 0.05) is 24.7 Å². The quantitative estimate of drug-likeness (QED) is 0.866. The Morgan fingerprint density at radius 1 is 1.44 bits per heavy atom. The molecule has 0 saturated carbocycles. The maximum Gasteiger partial charge on any atom is 0.222 e. The van der Waals surface area contributed by atoms with Crippen LogP contribution in [-0.2, 0) is 16.1 Å². The maximum atomic E-state index is 11.7. The molecule has 1 atom stereocenters. The first kappa shape index (κ1) is 13.3. The van der Waals surface area contributed by atoms with Crippen molar-refractivity contribution in [1.82, 2.24) is 10.6 Å². The number of benzene rings is 1. The van der Waals surface area contributed by atoms with Crippen LogP contribution < -0.4 is 10.6 Å². The molecule has 0 radical (unpaired) electrons. The molecule has 2 N–H and O–H groups in total. The summed E-state index contributed by atoms with van der Waals surface area (Å²) in [5.74, 6) is 0.0126. The van der Waals surface area contributed by atoms with E-state index in [1.807, 2.05) is 24.3 Å². The number of carbonyl (C=O) groups is 1. The van der Waals surface area contributed by atoms with Gasteiger partial charge in [0.15, 0.2) is 0 Å². The minimum atomic E-state index is -0.0102. The summed E-state index contributed by atoms with van der Waals surface area (Å²) in [7, 11) is 0. The summed E-state index contributed by atoms with van der Waals surface area (Å²) in [6.07, 6.45) is 0.393. The van der Waals surface area contributed by atoms with Crippen molar-refractivity contribution in [2.24, 2.45) is 0 Å². The Bertz CT molecular complexity index is 388. The topological polar surface area (TPSA) is 50.4 Å². The number of amides is 1. The molecule has 0 aliphatic carbocycles. The van der Waals surface area contributed by atoms with E-state index in [4.69, 9.17) is 16.3 Å². The minimum absolute atomic E-state index is 0.0102. The average molecular weight is 269 g/mol. The molecule has 1 amide bonds. The van der Waals surface area contributed by atoms with E-state index in [-0.39, 0.29) is 12.0 Å². The van der Waals surface area contributed by atoms with Crippen molar-refractivity contribution in [3.63, 3.8) is 0 Å². The van der Waals surface area contributed by atoms with E-state index < -0.39 is 0 Å². The lowest BCUT2D eigenvalue weighted by atomic mass is 10.2. The molecule has 1 heterocycles. The van der Waals surface area contributed by atoms with Crippen molar-refractivity contribution >= 4 is 17.5 Å². The van der Waals surface area contributed by atoms with Crippen LogP contribution >= 0.6 is 11.6 Å². The van der Waals surface area contributed by atoms with Crippen LogP contribution in [0.1, 0.15) is 12.0 Å². The second kappa shape index (κ2) is 6.73. The Morgan fingerprint density at radius 2 is 2.22 bits per heavy atom. The fourth-order valence-electron chi connectivity index (χ4n) is 1.83. The molecule has 1 saturated heterocycles. The lowest BCUT2D eigenvalue weighted by Gasteiger charge is -2.23. The summed E-state index contributed by atoms with van der Waals surface area (Å²) in [6, 6.07) is 7.44. The fourth-order valence-corrected chi connectivity index (χ4v) is 1.96. The number of halogens is 1. The van der Waals surface area contributed by atoms with E-state index >= 15 is 0 Å². The van der Waals surface area contributed by atoms with E-state index in [0.717, 1.165) is 18.7 Å². The van der Waals surface area contributed by atoms with Crippen molar-refractivity contribution in [1.29, 1.82) is 0 Å². The summed E-state index contributed by atoms with van der Waals surface area (Å²) >= 11 is 5.79. The standard InChI is InChI=1S/C13H17ClN2O2/c14-11-3-1-10(2-4-11)8-16-13(17)7-12-9-15-5-6-18-12/h1-4,12,15H,5-9H2,(H,16,17). The third-order valence-electron chi connectivity index (χ3n) is 2.82. The third kappa shape index (κ3) is 4.29. The van der Waals surface area contributed by atoms with Crippen LogP contribution in [0.15, 0.2) is 24.3 Å². The maximum absolute atomic E-state index is 11.7. The normalized spacial score (nSPS) is 19.5. The van der Waals surface area contributed by atoms with E-state index in [9.17, 15) is 4.79 Å². The van der Waals surface area contributed by atoms with E-state index in [0.29, 0.717) is 24.6 Å². The number of carbonyl (C=O) groups excluding carboxylic acids is 1. The number of hydrogen-bond donors (Lipinski definition) is 2. The molecule has 5 heteroatoms. The molecule has 2 rings (SSSR count).